The number of amides is 1. The number of sulfonamides is 1. The zero-order valence-electron chi connectivity index (χ0n) is 22.4. The van der Waals surface area contributed by atoms with E-state index in [1.807, 2.05) is 48.2 Å². The third-order valence-electron chi connectivity index (χ3n) is 8.40. The Morgan fingerprint density at radius 1 is 1.08 bits per heavy atom. The molecule has 1 saturated carbocycles. The quantitative estimate of drug-likeness (QED) is 0.323. The molecule has 3 N–H and O–H groups in total. The lowest BCUT2D eigenvalue weighted by Gasteiger charge is -2.53. The van der Waals surface area contributed by atoms with E-state index in [0.29, 0.717) is 22.9 Å². The average molecular weight is 598 g/mol. The van der Waals surface area contributed by atoms with Crippen molar-refractivity contribution >= 4 is 39.1 Å². The van der Waals surface area contributed by atoms with Crippen LogP contribution in [0.2, 0.25) is 10.0 Å². The highest BCUT2D eigenvalue weighted by molar-refractivity contribution is 7.89. The van der Waals surface area contributed by atoms with E-state index in [1.165, 1.54) is 0 Å². The van der Waals surface area contributed by atoms with Crippen LogP contribution in [0.1, 0.15) is 69.0 Å². The van der Waals surface area contributed by atoms with E-state index in [2.05, 4.69) is 4.72 Å². The lowest BCUT2D eigenvalue weighted by molar-refractivity contribution is -0.160. The number of rotatable bonds is 12. The highest BCUT2D eigenvalue weighted by atomic mass is 35.5. The van der Waals surface area contributed by atoms with E-state index in [1.54, 1.807) is 19.1 Å². The zero-order chi connectivity index (χ0) is 28.4. The fourth-order valence-corrected chi connectivity index (χ4v) is 7.03. The van der Waals surface area contributed by atoms with Crippen molar-refractivity contribution in [3.63, 3.8) is 0 Å². The van der Waals surface area contributed by atoms with Crippen molar-refractivity contribution in [1.82, 2.24) is 9.62 Å². The molecule has 0 aromatic heterocycles. The van der Waals surface area contributed by atoms with Crippen LogP contribution in [0.3, 0.4) is 0 Å². The van der Waals surface area contributed by atoms with Gasteiger partial charge in [-0.1, -0.05) is 54.4 Å². The highest BCUT2D eigenvalue weighted by Gasteiger charge is 2.55. The molecule has 1 aliphatic heterocycles. The molecule has 4 rings (SSSR count). The van der Waals surface area contributed by atoms with Gasteiger partial charge in [0.15, 0.2) is 0 Å². The predicted molar refractivity (Wildman–Crippen MR) is 154 cm³/mol. The third-order valence-corrected chi connectivity index (χ3v) is 10.3. The first-order valence-corrected chi connectivity index (χ1v) is 16.0. The maximum Gasteiger partial charge on any atom is 0.229 e. The summed E-state index contributed by atoms with van der Waals surface area (Å²) in [5.74, 6) is -0.217. The van der Waals surface area contributed by atoms with Gasteiger partial charge in [0.25, 0.3) is 0 Å². The number of aliphatic hydroxyl groups is 2. The van der Waals surface area contributed by atoms with Crippen LogP contribution in [0.25, 0.3) is 0 Å². The maximum absolute atomic E-state index is 14.7. The van der Waals surface area contributed by atoms with Crippen LogP contribution < -0.4 is 4.72 Å². The molecule has 2 fully saturated rings. The number of benzene rings is 2. The number of piperidine rings is 1. The maximum atomic E-state index is 14.7. The molecular formula is C29H38Cl2N2O5S. The number of carbonyl (C=O) groups is 1. The summed E-state index contributed by atoms with van der Waals surface area (Å²) < 4.78 is 27.7. The summed E-state index contributed by atoms with van der Waals surface area (Å²) in [4.78, 5) is 16.6. The van der Waals surface area contributed by atoms with Crippen LogP contribution in [0.4, 0.5) is 0 Å². The monoisotopic (exact) mass is 596 g/mol. The van der Waals surface area contributed by atoms with Crippen molar-refractivity contribution in [2.75, 3.05) is 18.9 Å². The normalized spacial score (nSPS) is 25.5. The summed E-state index contributed by atoms with van der Waals surface area (Å²) in [5, 5.41) is 21.5. The molecule has 7 nitrogen and oxygen atoms in total. The van der Waals surface area contributed by atoms with Gasteiger partial charge in [0.2, 0.25) is 15.9 Å². The Balaban J connectivity index is 1.91. The van der Waals surface area contributed by atoms with Crippen LogP contribution in [-0.4, -0.2) is 60.5 Å². The molecule has 2 aromatic carbocycles. The molecule has 39 heavy (non-hydrogen) atoms. The molecule has 2 aliphatic rings. The minimum Gasteiger partial charge on any atom is -0.394 e. The summed E-state index contributed by atoms with van der Waals surface area (Å²) in [5.41, 5.74) is 0.906. The number of hydrogen-bond donors (Lipinski definition) is 3. The molecule has 1 amide bonds. The topological polar surface area (TPSA) is 107 Å². The largest absolute Gasteiger partial charge is 0.394 e. The number of nitrogens with zero attached hydrogens (tertiary/aromatic N) is 1. The second-order valence-corrected chi connectivity index (χ2v) is 13.9. The number of carbonyl (C=O) groups excluding carboxylic acids is 1. The average Bonchev–Trinajstić information content (AvgIpc) is 3.76. The minimum atomic E-state index is -3.49. The van der Waals surface area contributed by atoms with Crippen LogP contribution >= 0.6 is 23.2 Å². The van der Waals surface area contributed by atoms with Crippen LogP contribution in [0.15, 0.2) is 48.5 Å². The Kier molecular flexibility index (Phi) is 9.67. The summed E-state index contributed by atoms with van der Waals surface area (Å²) in [7, 11) is -3.49. The number of hydrogen-bond acceptors (Lipinski definition) is 5. The molecular weight excluding hydrogens is 559 g/mol. The second kappa shape index (κ2) is 12.5. The van der Waals surface area contributed by atoms with Gasteiger partial charge >= 0.3 is 0 Å². The van der Waals surface area contributed by atoms with Gasteiger partial charge in [-0.2, -0.15) is 0 Å². The van der Waals surface area contributed by atoms with E-state index in [0.717, 1.165) is 24.0 Å². The smallest absolute Gasteiger partial charge is 0.229 e. The number of nitrogens with one attached hydrogen (secondary N) is 1. The van der Waals surface area contributed by atoms with Crippen molar-refractivity contribution < 1.29 is 23.4 Å². The van der Waals surface area contributed by atoms with Crippen molar-refractivity contribution in [3.8, 4) is 0 Å². The lowest BCUT2D eigenvalue weighted by atomic mass is 9.64. The third kappa shape index (κ3) is 6.80. The van der Waals surface area contributed by atoms with Gasteiger partial charge in [-0.25, -0.2) is 13.1 Å². The number of halogens is 2. The zero-order valence-corrected chi connectivity index (χ0v) is 24.7. The van der Waals surface area contributed by atoms with Gasteiger partial charge < -0.3 is 15.1 Å². The van der Waals surface area contributed by atoms with Crippen molar-refractivity contribution in [1.29, 1.82) is 0 Å². The van der Waals surface area contributed by atoms with E-state index in [-0.39, 0.29) is 42.5 Å². The molecule has 1 aliphatic carbocycles. The Morgan fingerprint density at radius 3 is 2.33 bits per heavy atom. The summed E-state index contributed by atoms with van der Waals surface area (Å²) in [6.45, 7) is 3.19. The van der Waals surface area contributed by atoms with Gasteiger partial charge in [0.1, 0.15) is 0 Å². The molecule has 0 bridgehead atoms. The van der Waals surface area contributed by atoms with Gasteiger partial charge in [0.05, 0.1) is 29.9 Å². The molecule has 2 aromatic rings. The standard InChI is InChI=1S/C29H38Cl2N2O5S/c1-3-29(15-24(35)18-34)16-25(21-6-5-7-23(31)14-21)27(20-10-12-22(30)13-11-20)33(28(29)36)26(19-8-9-19)17-32-39(37,38)4-2/h5-7,10-14,19,24-27,32,34-35H,3-4,8-9,15-18H2,1-2H3/t24?,25-,26?,27?,29+/m1/s1. The molecule has 10 heteroatoms. The van der Waals surface area contributed by atoms with E-state index in [4.69, 9.17) is 23.2 Å². The first kappa shape index (κ1) is 30.3. The SMILES string of the molecule is CC[C@]1(CC(O)CO)C[C@H](c2cccc(Cl)c2)C(c2ccc(Cl)cc2)N(C(CNS(=O)(=O)CC)C2CC2)C1=O. The fraction of sp³-hybridized carbons (Fsp3) is 0.552. The van der Waals surface area contributed by atoms with Gasteiger partial charge in [0, 0.05) is 28.5 Å². The van der Waals surface area contributed by atoms with Crippen LogP contribution in [-0.2, 0) is 14.8 Å². The Hall–Kier alpha value is -1.68. The van der Waals surface area contributed by atoms with Crippen molar-refractivity contribution in [2.45, 2.75) is 70.1 Å². The second-order valence-electron chi connectivity index (χ2n) is 10.9. The molecule has 3 unspecified atom stereocenters. The lowest BCUT2D eigenvalue weighted by Crippen LogP contribution is -2.60. The molecule has 1 heterocycles. The van der Waals surface area contributed by atoms with Crippen molar-refractivity contribution in [2.24, 2.45) is 11.3 Å². The van der Waals surface area contributed by atoms with Crippen LogP contribution in [0.5, 0.6) is 0 Å². The molecule has 0 spiro atoms. The van der Waals surface area contributed by atoms with E-state index >= 15 is 0 Å². The molecule has 0 radical (unpaired) electrons. The number of aliphatic hydroxyl groups excluding tert-OH is 2. The Labute approximate surface area is 241 Å². The van der Waals surface area contributed by atoms with E-state index < -0.39 is 34.2 Å². The molecule has 1 saturated heterocycles. The van der Waals surface area contributed by atoms with Gasteiger partial charge in [-0.15, -0.1) is 0 Å². The first-order valence-electron chi connectivity index (χ1n) is 13.6. The predicted octanol–water partition coefficient (Wildman–Crippen LogP) is 4.91. The summed E-state index contributed by atoms with van der Waals surface area (Å²) in [6.07, 6.45) is 1.76. The first-order chi connectivity index (χ1) is 18.5. The Morgan fingerprint density at radius 2 is 1.77 bits per heavy atom. The van der Waals surface area contributed by atoms with E-state index in [9.17, 15) is 23.4 Å². The van der Waals surface area contributed by atoms with Crippen molar-refractivity contribution in [3.05, 3.63) is 69.7 Å². The highest BCUT2D eigenvalue weighted by Crippen LogP contribution is 2.55. The summed E-state index contributed by atoms with van der Waals surface area (Å²) >= 11 is 12.7. The van der Waals surface area contributed by atoms with Gasteiger partial charge in [-0.05, 0) is 80.3 Å². The fourth-order valence-electron chi connectivity index (χ4n) is 6.07. The van der Waals surface area contributed by atoms with Crippen LogP contribution in [0, 0.1) is 11.3 Å². The van der Waals surface area contributed by atoms with Gasteiger partial charge in [-0.3, -0.25) is 4.79 Å². The molecule has 214 valence electrons. The number of likely N-dealkylation sites (tertiary alicyclic amines) is 1. The Bertz CT molecular complexity index is 1250. The minimum absolute atomic E-state index is 0.0499. The molecule has 5 atom stereocenters. The summed E-state index contributed by atoms with van der Waals surface area (Å²) in [6, 6.07) is 14.3.